The summed E-state index contributed by atoms with van der Waals surface area (Å²) in [5.74, 6) is -4.05. The van der Waals surface area contributed by atoms with Gasteiger partial charge in [0.1, 0.15) is 5.75 Å². The highest BCUT2D eigenvalue weighted by atomic mass is 35.5. The van der Waals surface area contributed by atoms with Gasteiger partial charge in [0.25, 0.3) is 0 Å². The number of ether oxygens (including phenoxy) is 2. The first-order valence-electron chi connectivity index (χ1n) is 14.2. The molecule has 0 fully saturated rings. The smallest absolute Gasteiger partial charge is 0.350 e. The van der Waals surface area contributed by atoms with Crippen molar-refractivity contribution in [3.05, 3.63) is 64.5 Å². The summed E-state index contributed by atoms with van der Waals surface area (Å²) >= 11 is 5.73. The van der Waals surface area contributed by atoms with Crippen molar-refractivity contribution in [1.82, 2.24) is 0 Å². The number of carbonyl (C=O) groups is 2. The lowest BCUT2D eigenvalue weighted by Crippen LogP contribution is -2.40. The number of benzene rings is 2. The Morgan fingerprint density at radius 2 is 1.60 bits per heavy atom. The average molecular weight is 376 g/mol. The summed E-state index contributed by atoms with van der Waals surface area (Å²) in [7, 11) is 0. The molecule has 132 valence electrons. The van der Waals surface area contributed by atoms with Crippen molar-refractivity contribution in [3.63, 3.8) is 0 Å². The zero-order valence-electron chi connectivity index (χ0n) is 28.0. The Kier molecular flexibility index (Phi) is 2.19. The molecule has 0 aromatic heterocycles. The predicted molar refractivity (Wildman–Crippen MR) is 97.3 cm³/mol. The van der Waals surface area contributed by atoms with E-state index >= 15 is 0 Å². The summed E-state index contributed by atoms with van der Waals surface area (Å²) < 4.78 is 126. The van der Waals surface area contributed by atoms with Gasteiger partial charge in [-0.05, 0) is 75.9 Å². The molecule has 4 nitrogen and oxygen atoms in total. The van der Waals surface area contributed by atoms with E-state index in [1.54, 1.807) is 0 Å². The predicted octanol–water partition coefficient (Wildman–Crippen LogP) is 4.68. The molecule has 0 spiro atoms. The van der Waals surface area contributed by atoms with E-state index in [4.69, 9.17) is 36.9 Å². The zero-order valence-corrected chi connectivity index (χ0v) is 13.8. The van der Waals surface area contributed by atoms with Crippen molar-refractivity contribution in [2.45, 2.75) is 39.2 Å². The molecule has 0 saturated heterocycles. The van der Waals surface area contributed by atoms with Crippen molar-refractivity contribution in [2.24, 2.45) is 0 Å². The highest BCUT2D eigenvalue weighted by Gasteiger charge is 2.32. The van der Waals surface area contributed by atoms with Crippen LogP contribution in [0.2, 0.25) is 5.02 Å². The van der Waals surface area contributed by atoms with Crippen LogP contribution in [0.15, 0.2) is 48.3 Å². The first kappa shape index (κ1) is 7.12. The maximum atomic E-state index is 13.2. The van der Waals surface area contributed by atoms with E-state index < -0.39 is 107 Å². The molecular formula is C20H21ClO4. The van der Waals surface area contributed by atoms with Gasteiger partial charge in [0, 0.05) is 24.4 Å². The topological polar surface area (TPSA) is 52.6 Å². The van der Waals surface area contributed by atoms with Crippen LogP contribution in [0.5, 0.6) is 5.75 Å². The fourth-order valence-corrected chi connectivity index (χ4v) is 1.61. The maximum absolute atomic E-state index is 13.2. The quantitative estimate of drug-likeness (QED) is 0.543. The molecular weight excluding hydrogens is 340 g/mol. The molecule has 0 saturated carbocycles. The fourth-order valence-electron chi connectivity index (χ4n) is 1.51. The highest BCUT2D eigenvalue weighted by molar-refractivity contribution is 6.30. The monoisotopic (exact) mass is 375 g/mol. The molecule has 2 aromatic carbocycles. The van der Waals surface area contributed by atoms with E-state index in [-0.39, 0.29) is 0 Å². The van der Waals surface area contributed by atoms with Gasteiger partial charge in [0.05, 0.1) is 18.4 Å². The average Bonchev–Trinajstić information content (AvgIpc) is 2.81. The molecule has 25 heavy (non-hydrogen) atoms. The van der Waals surface area contributed by atoms with E-state index in [1.165, 1.54) is 0 Å². The van der Waals surface area contributed by atoms with Crippen LogP contribution >= 0.6 is 11.6 Å². The summed E-state index contributed by atoms with van der Waals surface area (Å²) in [6.07, 6.45) is -3.73. The zero-order chi connectivity index (χ0) is 31.5. The van der Waals surface area contributed by atoms with E-state index in [1.807, 2.05) is 0 Å². The Morgan fingerprint density at radius 3 is 2.12 bits per heavy atom. The lowest BCUT2D eigenvalue weighted by molar-refractivity contribution is -0.163. The molecule has 2 aromatic rings. The number of hydrogen-bond acceptors (Lipinski definition) is 4. The van der Waals surface area contributed by atoms with Gasteiger partial charge in [0.2, 0.25) is 0 Å². The second kappa shape index (κ2) is 7.70. The Labute approximate surface area is 173 Å². The Balaban J connectivity index is 2.63. The summed E-state index contributed by atoms with van der Waals surface area (Å²) in [5.41, 5.74) is -4.22. The SMILES string of the molecule is [2H]c1c([2H])c(C(=O)c2c([2H])c([2H])c(OC(C)(C)C(=O)OC([2H])(C([2H])([2H])[2H])C([2H])([2H])[2H])c([2H])c2[2H])c([2H])c([2H])c1Cl. The van der Waals surface area contributed by atoms with Crippen molar-refractivity contribution >= 4 is 23.4 Å². The van der Waals surface area contributed by atoms with Gasteiger partial charge in [-0.2, -0.15) is 0 Å². The number of esters is 1. The molecule has 0 aliphatic heterocycles. The molecule has 0 radical (unpaired) electrons. The van der Waals surface area contributed by atoms with E-state index in [2.05, 4.69) is 4.74 Å². The van der Waals surface area contributed by atoms with Crippen molar-refractivity contribution < 1.29 is 39.6 Å². The molecule has 2 rings (SSSR count). The van der Waals surface area contributed by atoms with Gasteiger partial charge in [-0.3, -0.25) is 4.79 Å². The number of halogens is 1. The Bertz CT molecular complexity index is 1330. The fraction of sp³-hybridized carbons (Fsp3) is 0.300. The van der Waals surface area contributed by atoms with Crippen LogP contribution < -0.4 is 4.74 Å². The minimum Gasteiger partial charge on any atom is -0.476 e. The van der Waals surface area contributed by atoms with Crippen molar-refractivity contribution in [3.8, 4) is 5.75 Å². The van der Waals surface area contributed by atoms with Crippen LogP contribution in [-0.4, -0.2) is 23.4 Å². The van der Waals surface area contributed by atoms with Gasteiger partial charge in [-0.15, -0.1) is 0 Å². The molecule has 0 unspecified atom stereocenters. The van der Waals surface area contributed by atoms with Gasteiger partial charge in [-0.1, -0.05) is 11.6 Å². The molecule has 0 bridgehead atoms. The van der Waals surface area contributed by atoms with E-state index in [0.29, 0.717) is 0 Å². The standard InChI is InChI=1S/C20H21ClO4/c1-13(2)24-19(23)20(3,4)25-17-11-7-15(8-12-17)18(22)14-5-9-16(21)10-6-14/h5-13H,1-4H3/i1D3,2D3,5D,6D,7D,8D,9D,10D,11D,12D,13D. The van der Waals surface area contributed by atoms with Gasteiger partial charge >= 0.3 is 5.97 Å². The molecule has 0 aliphatic carbocycles. The van der Waals surface area contributed by atoms with E-state index in [9.17, 15) is 9.59 Å². The third kappa shape index (κ3) is 5.07. The highest BCUT2D eigenvalue weighted by Crippen LogP contribution is 2.22. The lowest BCUT2D eigenvalue weighted by Gasteiger charge is -2.25. The third-order valence-corrected chi connectivity index (χ3v) is 2.88. The van der Waals surface area contributed by atoms with Crippen molar-refractivity contribution in [1.29, 1.82) is 0 Å². The first-order valence-corrected chi connectivity index (χ1v) is 7.04. The van der Waals surface area contributed by atoms with E-state index in [0.717, 1.165) is 13.8 Å². The molecule has 0 atom stereocenters. The van der Waals surface area contributed by atoms with Crippen molar-refractivity contribution in [2.75, 3.05) is 0 Å². The number of rotatable bonds is 6. The number of ketones is 1. The van der Waals surface area contributed by atoms with Gasteiger partial charge in [-0.25, -0.2) is 4.79 Å². The molecule has 5 heteroatoms. The van der Waals surface area contributed by atoms with Crippen LogP contribution in [0, 0.1) is 0 Å². The second-order valence-electron chi connectivity index (χ2n) is 5.05. The van der Waals surface area contributed by atoms with Crippen LogP contribution in [0.25, 0.3) is 0 Å². The van der Waals surface area contributed by atoms with Gasteiger partial charge in [0.15, 0.2) is 11.4 Å². The largest absolute Gasteiger partial charge is 0.476 e. The summed E-state index contributed by atoms with van der Waals surface area (Å²) in [6.45, 7) is -5.44. The minimum absolute atomic E-state index is 0.586. The van der Waals surface area contributed by atoms with Gasteiger partial charge < -0.3 is 9.47 Å². The molecule has 0 amide bonds. The molecule has 0 aliphatic rings. The van der Waals surface area contributed by atoms with Crippen LogP contribution in [0.4, 0.5) is 0 Å². The summed E-state index contributed by atoms with van der Waals surface area (Å²) in [4.78, 5) is 26.0. The second-order valence-corrected chi connectivity index (χ2v) is 5.43. The maximum Gasteiger partial charge on any atom is 0.350 e. The Hall–Kier alpha value is -2.33. The van der Waals surface area contributed by atoms with Crippen LogP contribution in [-0.2, 0) is 9.53 Å². The summed E-state index contributed by atoms with van der Waals surface area (Å²) in [6, 6.07) is -7.54. The Morgan fingerprint density at radius 1 is 1.08 bits per heavy atom. The lowest BCUT2D eigenvalue weighted by atomic mass is 10.0. The first-order chi connectivity index (χ1) is 17.8. The third-order valence-electron chi connectivity index (χ3n) is 2.69. The number of carbonyl (C=O) groups excluding carboxylic acids is 2. The summed E-state index contributed by atoms with van der Waals surface area (Å²) in [5, 5.41) is -0.586. The normalized spacial score (nSPS) is 21.3. The molecule has 0 heterocycles. The van der Waals surface area contributed by atoms with Crippen LogP contribution in [0.1, 0.15) is 64.0 Å². The van der Waals surface area contributed by atoms with Crippen LogP contribution in [0.3, 0.4) is 0 Å². The minimum atomic E-state index is -3.73. The molecule has 0 N–H and O–H groups in total. The number of hydrogen-bond donors (Lipinski definition) is 0.